The van der Waals surface area contributed by atoms with Crippen molar-refractivity contribution in [2.24, 2.45) is 0 Å². The number of rotatable bonds is 5. The van der Waals surface area contributed by atoms with E-state index in [4.69, 9.17) is 4.74 Å². The van der Waals surface area contributed by atoms with Gasteiger partial charge in [0.15, 0.2) is 0 Å². The smallest absolute Gasteiger partial charge is 0.119 e. The molecule has 2 rings (SSSR count). The van der Waals surface area contributed by atoms with E-state index in [1.807, 2.05) is 13.0 Å². The van der Waals surface area contributed by atoms with Gasteiger partial charge in [0.25, 0.3) is 0 Å². The number of ether oxygens (including phenoxy) is 1. The van der Waals surface area contributed by atoms with Crippen molar-refractivity contribution in [1.29, 1.82) is 0 Å². The van der Waals surface area contributed by atoms with Gasteiger partial charge in [0.05, 0.1) is 6.61 Å². The van der Waals surface area contributed by atoms with Crippen molar-refractivity contribution in [1.82, 2.24) is 0 Å². The van der Waals surface area contributed by atoms with Crippen LogP contribution in [0.2, 0.25) is 0 Å². The summed E-state index contributed by atoms with van der Waals surface area (Å²) in [7, 11) is 0. The Morgan fingerprint density at radius 3 is 2.82 bits per heavy atom. The Hall–Kier alpha value is -1.48. The molecule has 0 spiro atoms. The van der Waals surface area contributed by atoms with Crippen LogP contribution in [-0.2, 0) is 6.54 Å². The van der Waals surface area contributed by atoms with Crippen LogP contribution in [0.3, 0.4) is 0 Å². The summed E-state index contributed by atoms with van der Waals surface area (Å²) in [5.41, 5.74) is 3.70. The fraction of sp³-hybridized carbons (Fsp3) is 0.286. The Bertz CT molecular complexity index is 465. The summed E-state index contributed by atoms with van der Waals surface area (Å²) in [6.45, 7) is 5.68. The molecule has 0 aliphatic rings. The van der Waals surface area contributed by atoms with E-state index in [1.54, 1.807) is 11.3 Å². The van der Waals surface area contributed by atoms with Gasteiger partial charge in [0, 0.05) is 12.2 Å². The zero-order valence-corrected chi connectivity index (χ0v) is 11.0. The number of hydrogen-bond donors (Lipinski definition) is 1. The molecule has 0 saturated heterocycles. The lowest BCUT2D eigenvalue weighted by atomic mass is 10.2. The zero-order chi connectivity index (χ0) is 12.1. The average Bonchev–Trinajstić information content (AvgIpc) is 2.81. The van der Waals surface area contributed by atoms with Gasteiger partial charge in [0.1, 0.15) is 5.75 Å². The lowest BCUT2D eigenvalue weighted by molar-refractivity contribution is 0.340. The first-order chi connectivity index (χ1) is 8.29. The quantitative estimate of drug-likeness (QED) is 0.860. The number of anilines is 1. The Morgan fingerprint density at radius 1 is 1.29 bits per heavy atom. The summed E-state index contributed by atoms with van der Waals surface area (Å²) in [6.07, 6.45) is 0. The van der Waals surface area contributed by atoms with E-state index >= 15 is 0 Å². The lowest BCUT2D eigenvalue weighted by Gasteiger charge is -2.10. The van der Waals surface area contributed by atoms with E-state index < -0.39 is 0 Å². The molecule has 0 radical (unpaired) electrons. The first-order valence-corrected chi connectivity index (χ1v) is 6.72. The highest BCUT2D eigenvalue weighted by Gasteiger charge is 2.00. The van der Waals surface area contributed by atoms with Gasteiger partial charge in [-0.15, -0.1) is 0 Å². The van der Waals surface area contributed by atoms with E-state index in [0.717, 1.165) is 12.3 Å². The van der Waals surface area contributed by atoms with E-state index in [1.165, 1.54) is 16.8 Å². The molecule has 3 heteroatoms. The molecule has 2 nitrogen and oxygen atoms in total. The second kappa shape index (κ2) is 5.73. The van der Waals surface area contributed by atoms with Crippen molar-refractivity contribution in [3.63, 3.8) is 0 Å². The maximum absolute atomic E-state index is 5.47. The van der Waals surface area contributed by atoms with E-state index in [2.05, 4.69) is 41.2 Å². The Balaban J connectivity index is 2.01. The molecule has 1 aromatic heterocycles. The molecular weight excluding hydrogens is 230 g/mol. The fourth-order valence-corrected chi connectivity index (χ4v) is 2.35. The molecule has 0 fully saturated rings. The van der Waals surface area contributed by atoms with Crippen LogP contribution in [0.25, 0.3) is 0 Å². The topological polar surface area (TPSA) is 21.3 Å². The van der Waals surface area contributed by atoms with Crippen LogP contribution in [0.5, 0.6) is 5.75 Å². The largest absolute Gasteiger partial charge is 0.494 e. The molecule has 1 aromatic carbocycles. The molecule has 0 bridgehead atoms. The van der Waals surface area contributed by atoms with Gasteiger partial charge in [-0.25, -0.2) is 0 Å². The summed E-state index contributed by atoms with van der Waals surface area (Å²) in [5, 5.41) is 7.70. The van der Waals surface area contributed by atoms with Gasteiger partial charge in [0.2, 0.25) is 0 Å². The van der Waals surface area contributed by atoms with Gasteiger partial charge in [-0.3, -0.25) is 0 Å². The van der Waals surface area contributed by atoms with Gasteiger partial charge in [-0.2, -0.15) is 11.3 Å². The van der Waals surface area contributed by atoms with E-state index in [-0.39, 0.29) is 0 Å². The minimum absolute atomic E-state index is 0.709. The van der Waals surface area contributed by atoms with Crippen LogP contribution >= 0.6 is 11.3 Å². The monoisotopic (exact) mass is 247 g/mol. The molecule has 0 amide bonds. The number of hydrogen-bond acceptors (Lipinski definition) is 3. The van der Waals surface area contributed by atoms with Crippen molar-refractivity contribution in [3.8, 4) is 5.75 Å². The molecule has 0 saturated carbocycles. The van der Waals surface area contributed by atoms with Crippen LogP contribution < -0.4 is 10.1 Å². The summed E-state index contributed by atoms with van der Waals surface area (Å²) in [5.74, 6) is 0.936. The summed E-state index contributed by atoms with van der Waals surface area (Å²) in [4.78, 5) is 0. The fourth-order valence-electron chi connectivity index (χ4n) is 1.68. The van der Waals surface area contributed by atoms with Crippen molar-refractivity contribution in [2.75, 3.05) is 11.9 Å². The summed E-state index contributed by atoms with van der Waals surface area (Å²) < 4.78 is 5.47. The van der Waals surface area contributed by atoms with Crippen LogP contribution in [-0.4, -0.2) is 6.61 Å². The molecule has 0 atom stereocenters. The molecule has 0 aliphatic carbocycles. The highest BCUT2D eigenvalue weighted by Crippen LogP contribution is 2.22. The van der Waals surface area contributed by atoms with Crippen molar-refractivity contribution < 1.29 is 4.74 Å². The molecule has 2 aromatic rings. The Morgan fingerprint density at radius 2 is 2.18 bits per heavy atom. The highest BCUT2D eigenvalue weighted by molar-refractivity contribution is 7.07. The summed E-state index contributed by atoms with van der Waals surface area (Å²) in [6, 6.07) is 8.29. The van der Waals surface area contributed by atoms with Crippen LogP contribution in [0.1, 0.15) is 18.1 Å². The van der Waals surface area contributed by atoms with E-state index in [9.17, 15) is 0 Å². The van der Waals surface area contributed by atoms with Gasteiger partial charge in [-0.1, -0.05) is 0 Å². The predicted octanol–water partition coefficient (Wildman–Crippen LogP) is 4.07. The SMILES string of the molecule is CCOc1ccc(NCc2ccsc2)c(C)c1. The Labute approximate surface area is 106 Å². The number of benzene rings is 1. The third kappa shape index (κ3) is 3.24. The first-order valence-electron chi connectivity index (χ1n) is 5.78. The van der Waals surface area contributed by atoms with Crippen molar-refractivity contribution in [3.05, 3.63) is 46.2 Å². The van der Waals surface area contributed by atoms with Gasteiger partial charge < -0.3 is 10.1 Å². The third-order valence-corrected chi connectivity index (χ3v) is 3.30. The zero-order valence-electron chi connectivity index (χ0n) is 10.2. The molecular formula is C14H17NOS. The molecule has 1 N–H and O–H groups in total. The molecule has 1 heterocycles. The van der Waals surface area contributed by atoms with Crippen LogP contribution in [0.15, 0.2) is 35.0 Å². The third-order valence-electron chi connectivity index (χ3n) is 2.57. The standard InChI is InChI=1S/C14H17NOS/c1-3-16-13-4-5-14(11(2)8-13)15-9-12-6-7-17-10-12/h4-8,10,15H,3,9H2,1-2H3. The lowest BCUT2D eigenvalue weighted by Crippen LogP contribution is -2.00. The van der Waals surface area contributed by atoms with E-state index in [0.29, 0.717) is 6.61 Å². The van der Waals surface area contributed by atoms with Crippen LogP contribution in [0.4, 0.5) is 5.69 Å². The average molecular weight is 247 g/mol. The summed E-state index contributed by atoms with van der Waals surface area (Å²) >= 11 is 1.73. The molecule has 17 heavy (non-hydrogen) atoms. The molecule has 90 valence electrons. The minimum Gasteiger partial charge on any atom is -0.494 e. The highest BCUT2D eigenvalue weighted by atomic mass is 32.1. The normalized spacial score (nSPS) is 10.2. The Kier molecular flexibility index (Phi) is 4.04. The maximum Gasteiger partial charge on any atom is 0.119 e. The molecule has 0 unspecified atom stereocenters. The number of nitrogens with one attached hydrogen (secondary N) is 1. The first kappa shape index (κ1) is 12.0. The molecule has 0 aliphatic heterocycles. The van der Waals surface area contributed by atoms with Crippen molar-refractivity contribution in [2.45, 2.75) is 20.4 Å². The number of thiophene rings is 1. The number of aryl methyl sites for hydroxylation is 1. The maximum atomic E-state index is 5.47. The predicted molar refractivity (Wildman–Crippen MR) is 74.0 cm³/mol. The van der Waals surface area contributed by atoms with Crippen LogP contribution in [0, 0.1) is 6.92 Å². The minimum atomic E-state index is 0.709. The second-order valence-corrected chi connectivity index (χ2v) is 4.67. The second-order valence-electron chi connectivity index (χ2n) is 3.89. The van der Waals surface area contributed by atoms with Gasteiger partial charge in [-0.05, 0) is 60.0 Å². The van der Waals surface area contributed by atoms with Gasteiger partial charge >= 0.3 is 0 Å². The van der Waals surface area contributed by atoms with Crippen molar-refractivity contribution >= 4 is 17.0 Å².